The fourth-order valence-electron chi connectivity index (χ4n) is 3.78. The lowest BCUT2D eigenvalue weighted by Crippen LogP contribution is -2.24. The van der Waals surface area contributed by atoms with Gasteiger partial charge in [-0.25, -0.2) is 18.4 Å². The molecule has 0 amide bonds. The molecule has 2 aromatic heterocycles. The van der Waals surface area contributed by atoms with Gasteiger partial charge in [-0.3, -0.25) is 5.10 Å². The Bertz CT molecular complexity index is 1440. The van der Waals surface area contributed by atoms with Crippen molar-refractivity contribution in [2.45, 2.75) is 41.5 Å². The molecule has 37 heavy (non-hydrogen) atoms. The third-order valence-electron chi connectivity index (χ3n) is 5.64. The van der Waals surface area contributed by atoms with Crippen LogP contribution in [0.15, 0.2) is 75.6 Å². The van der Waals surface area contributed by atoms with Crippen molar-refractivity contribution >= 4 is 39.1 Å². The van der Waals surface area contributed by atoms with Crippen LogP contribution in [0, 0.1) is 6.92 Å². The molecular formula is C26H30N6O3S2. The van der Waals surface area contributed by atoms with Crippen molar-refractivity contribution in [1.82, 2.24) is 20.2 Å². The number of aromatic nitrogens is 4. The van der Waals surface area contributed by atoms with Crippen molar-refractivity contribution in [1.29, 1.82) is 0 Å². The molecule has 2 heterocycles. The van der Waals surface area contributed by atoms with Crippen molar-refractivity contribution in [2.75, 3.05) is 30.4 Å². The second kappa shape index (κ2) is 11.7. The Hall–Kier alpha value is -3.57. The van der Waals surface area contributed by atoms with Gasteiger partial charge in [-0.1, -0.05) is 30.3 Å². The molecule has 0 radical (unpaired) electrons. The molecule has 0 aliphatic heterocycles. The molecular weight excluding hydrogens is 508 g/mol. The highest BCUT2D eigenvalue weighted by atomic mass is 32.2. The molecule has 11 heteroatoms. The quantitative estimate of drug-likeness (QED) is 0.248. The van der Waals surface area contributed by atoms with E-state index < -0.39 is 9.84 Å². The highest BCUT2D eigenvalue weighted by Gasteiger charge is 2.21. The third kappa shape index (κ3) is 6.41. The zero-order valence-corrected chi connectivity index (χ0v) is 22.9. The van der Waals surface area contributed by atoms with E-state index >= 15 is 0 Å². The molecule has 0 atom stereocenters. The maximum absolute atomic E-state index is 12.9. The van der Waals surface area contributed by atoms with E-state index in [0.717, 1.165) is 29.2 Å². The normalized spacial score (nSPS) is 11.4. The first-order valence-corrected chi connectivity index (χ1v) is 14.3. The summed E-state index contributed by atoms with van der Waals surface area (Å²) in [7, 11) is -1.87. The smallest absolute Gasteiger partial charge is 0.204 e. The number of methoxy groups -OCH3 is 1. The van der Waals surface area contributed by atoms with Crippen molar-refractivity contribution in [3.8, 4) is 5.75 Å². The summed E-state index contributed by atoms with van der Waals surface area (Å²) in [6.07, 6.45) is 0. The fourth-order valence-corrected chi connectivity index (χ4v) is 5.88. The van der Waals surface area contributed by atoms with Crippen LogP contribution in [-0.4, -0.2) is 48.8 Å². The second-order valence-electron chi connectivity index (χ2n) is 8.26. The molecule has 0 unspecified atom stereocenters. The van der Waals surface area contributed by atoms with E-state index in [4.69, 9.17) is 14.7 Å². The van der Waals surface area contributed by atoms with Crippen LogP contribution >= 0.6 is 11.8 Å². The fraction of sp³-hybridized carbons (Fsp3) is 0.269. The number of aryl methyl sites for hydroxylation is 1. The number of nitrogens with one attached hydrogen (secondary N) is 2. The van der Waals surface area contributed by atoms with Crippen molar-refractivity contribution in [3.63, 3.8) is 0 Å². The highest BCUT2D eigenvalue weighted by Crippen LogP contribution is 2.38. The number of H-pyrrole nitrogens is 1. The molecule has 0 bridgehead atoms. The average Bonchev–Trinajstić information content (AvgIpc) is 3.30. The minimum Gasteiger partial charge on any atom is -0.490 e. The molecule has 0 saturated heterocycles. The molecule has 0 fully saturated rings. The number of anilines is 3. The van der Waals surface area contributed by atoms with Gasteiger partial charge in [0.15, 0.2) is 32.4 Å². The summed E-state index contributed by atoms with van der Waals surface area (Å²) in [5, 5.41) is 10.9. The van der Waals surface area contributed by atoms with Crippen LogP contribution in [0.1, 0.15) is 25.1 Å². The predicted octanol–water partition coefficient (Wildman–Crippen LogP) is 5.23. The number of ether oxygens (including phenoxy) is 1. The first kappa shape index (κ1) is 26.5. The molecule has 0 spiro atoms. The Morgan fingerprint density at radius 1 is 1.03 bits per heavy atom. The Balaban J connectivity index is 1.63. The molecule has 2 aromatic carbocycles. The van der Waals surface area contributed by atoms with Gasteiger partial charge in [0.25, 0.3) is 0 Å². The van der Waals surface area contributed by atoms with Crippen molar-refractivity contribution < 1.29 is 13.2 Å². The lowest BCUT2D eigenvalue weighted by atomic mass is 10.2. The lowest BCUT2D eigenvalue weighted by molar-refractivity contribution is 0.411. The maximum Gasteiger partial charge on any atom is 0.204 e. The Morgan fingerprint density at radius 2 is 1.73 bits per heavy atom. The predicted molar refractivity (Wildman–Crippen MR) is 147 cm³/mol. The van der Waals surface area contributed by atoms with Gasteiger partial charge in [0.1, 0.15) is 0 Å². The Morgan fingerprint density at radius 3 is 2.32 bits per heavy atom. The van der Waals surface area contributed by atoms with Gasteiger partial charge in [-0.05, 0) is 62.4 Å². The summed E-state index contributed by atoms with van der Waals surface area (Å²) in [6, 6.07) is 17.8. The van der Waals surface area contributed by atoms with E-state index in [0.29, 0.717) is 28.4 Å². The van der Waals surface area contributed by atoms with Gasteiger partial charge < -0.3 is 15.0 Å². The van der Waals surface area contributed by atoms with Crippen LogP contribution in [0.4, 0.5) is 17.5 Å². The Labute approximate surface area is 221 Å². The van der Waals surface area contributed by atoms with Crippen LogP contribution < -0.4 is 15.0 Å². The first-order valence-electron chi connectivity index (χ1n) is 11.9. The number of sulfone groups is 1. The summed E-state index contributed by atoms with van der Waals surface area (Å²) in [6.45, 7) is 7.50. The molecule has 0 aliphatic rings. The van der Waals surface area contributed by atoms with Gasteiger partial charge in [0.05, 0.1) is 17.8 Å². The zero-order valence-electron chi connectivity index (χ0n) is 21.2. The molecule has 0 saturated carbocycles. The number of rotatable bonds is 11. The standard InChI is InChI=1S/C26H30N6O3S2/c1-5-32(6-2)25-23(35-4)24(27-22-16-18(3)30-31-22)28-26(29-25)36-20-12-14-21(15-13-20)37(33,34)17-19-10-8-7-9-11-19/h7-16H,5-6,17H2,1-4H3,(H2,27,28,29,30,31). The largest absolute Gasteiger partial charge is 0.490 e. The van der Waals surface area contributed by atoms with E-state index in [9.17, 15) is 8.42 Å². The lowest BCUT2D eigenvalue weighted by Gasteiger charge is -2.23. The zero-order chi connectivity index (χ0) is 26.4. The summed E-state index contributed by atoms with van der Waals surface area (Å²) < 4.78 is 31.5. The van der Waals surface area contributed by atoms with E-state index in [2.05, 4.69) is 34.3 Å². The highest BCUT2D eigenvalue weighted by molar-refractivity contribution is 7.99. The number of nitrogens with zero attached hydrogens (tertiary/aromatic N) is 4. The number of hydrogen-bond acceptors (Lipinski definition) is 9. The number of aromatic amines is 1. The molecule has 0 aliphatic carbocycles. The summed E-state index contributed by atoms with van der Waals surface area (Å²) >= 11 is 1.35. The van der Waals surface area contributed by atoms with E-state index in [1.165, 1.54) is 11.8 Å². The van der Waals surface area contributed by atoms with Gasteiger partial charge in [0, 0.05) is 29.7 Å². The molecule has 4 rings (SSSR count). The second-order valence-corrected chi connectivity index (χ2v) is 11.3. The van der Waals surface area contributed by atoms with Crippen LogP contribution in [0.3, 0.4) is 0 Å². The summed E-state index contributed by atoms with van der Waals surface area (Å²) in [5.41, 5.74) is 1.67. The van der Waals surface area contributed by atoms with Crippen LogP contribution in [0.5, 0.6) is 5.75 Å². The van der Waals surface area contributed by atoms with E-state index in [-0.39, 0.29) is 10.6 Å². The topological polar surface area (TPSA) is 113 Å². The van der Waals surface area contributed by atoms with Crippen molar-refractivity contribution in [2.24, 2.45) is 0 Å². The monoisotopic (exact) mass is 538 g/mol. The molecule has 2 N–H and O–H groups in total. The molecule has 9 nitrogen and oxygen atoms in total. The van der Waals surface area contributed by atoms with E-state index in [1.807, 2.05) is 43.3 Å². The minimum atomic E-state index is -3.46. The van der Waals surface area contributed by atoms with Crippen LogP contribution in [-0.2, 0) is 15.6 Å². The Kier molecular flexibility index (Phi) is 8.34. The average molecular weight is 539 g/mol. The van der Waals surface area contributed by atoms with E-state index in [1.54, 1.807) is 31.4 Å². The van der Waals surface area contributed by atoms with Crippen LogP contribution in [0.25, 0.3) is 0 Å². The first-order chi connectivity index (χ1) is 17.8. The maximum atomic E-state index is 12.9. The summed E-state index contributed by atoms with van der Waals surface area (Å²) in [5.74, 6) is 2.26. The minimum absolute atomic E-state index is 0.0448. The third-order valence-corrected chi connectivity index (χ3v) is 8.21. The molecule has 4 aromatic rings. The van der Waals surface area contributed by atoms with Gasteiger partial charge in [0.2, 0.25) is 5.75 Å². The summed E-state index contributed by atoms with van der Waals surface area (Å²) in [4.78, 5) is 12.7. The van der Waals surface area contributed by atoms with Crippen molar-refractivity contribution in [3.05, 3.63) is 71.9 Å². The SMILES string of the molecule is CCN(CC)c1nc(Sc2ccc(S(=O)(=O)Cc3ccccc3)cc2)nc(Nc2cc(C)[nH]n2)c1OC. The number of benzene rings is 2. The van der Waals surface area contributed by atoms with Gasteiger partial charge in [-0.15, -0.1) is 0 Å². The van der Waals surface area contributed by atoms with Gasteiger partial charge >= 0.3 is 0 Å². The molecule has 194 valence electrons. The number of hydrogen-bond donors (Lipinski definition) is 2. The van der Waals surface area contributed by atoms with Gasteiger partial charge in [-0.2, -0.15) is 5.10 Å². The van der Waals surface area contributed by atoms with Crippen LogP contribution in [0.2, 0.25) is 0 Å².